The number of hydrogen-bond donors (Lipinski definition) is 2. The molecule has 7 heteroatoms. The van der Waals surface area contributed by atoms with Crippen molar-refractivity contribution in [2.24, 2.45) is 0 Å². The van der Waals surface area contributed by atoms with E-state index in [1.807, 2.05) is 29.2 Å². The number of amides is 3. The lowest BCUT2D eigenvalue weighted by atomic mass is 9.88. The highest BCUT2D eigenvalue weighted by Gasteiger charge is 2.38. The van der Waals surface area contributed by atoms with E-state index in [2.05, 4.69) is 10.6 Å². The highest BCUT2D eigenvalue weighted by molar-refractivity contribution is 5.92. The first-order valence-corrected chi connectivity index (χ1v) is 9.83. The Morgan fingerprint density at radius 3 is 2.57 bits per heavy atom. The Hall–Kier alpha value is -2.57. The molecule has 28 heavy (non-hydrogen) atoms. The van der Waals surface area contributed by atoms with Gasteiger partial charge in [-0.05, 0) is 51.7 Å². The molecule has 3 unspecified atom stereocenters. The Kier molecular flexibility index (Phi) is 5.63. The molecule has 0 saturated carbocycles. The molecule has 0 spiro atoms. The van der Waals surface area contributed by atoms with Crippen LogP contribution in [0, 0.1) is 0 Å². The summed E-state index contributed by atoms with van der Waals surface area (Å²) in [7, 11) is 0. The smallest absolute Gasteiger partial charge is 0.408 e. The Morgan fingerprint density at radius 1 is 1.21 bits per heavy atom. The first kappa shape index (κ1) is 20.2. The first-order chi connectivity index (χ1) is 13.2. The zero-order valence-corrected chi connectivity index (χ0v) is 17.0. The number of nitrogens with one attached hydrogen (secondary N) is 2. The van der Waals surface area contributed by atoms with E-state index in [0.29, 0.717) is 19.0 Å². The van der Waals surface area contributed by atoms with Crippen LogP contribution in [0.2, 0.25) is 0 Å². The van der Waals surface area contributed by atoms with Crippen molar-refractivity contribution < 1.29 is 19.1 Å². The van der Waals surface area contributed by atoms with Crippen molar-refractivity contribution in [2.75, 3.05) is 13.1 Å². The third-order valence-corrected chi connectivity index (χ3v) is 5.14. The van der Waals surface area contributed by atoms with Gasteiger partial charge in [0.05, 0.1) is 0 Å². The van der Waals surface area contributed by atoms with Crippen LogP contribution < -0.4 is 10.6 Å². The van der Waals surface area contributed by atoms with Gasteiger partial charge < -0.3 is 20.3 Å². The summed E-state index contributed by atoms with van der Waals surface area (Å²) >= 11 is 0. The number of rotatable bonds is 3. The maximum atomic E-state index is 13.1. The van der Waals surface area contributed by atoms with Gasteiger partial charge in [0.1, 0.15) is 17.7 Å². The van der Waals surface area contributed by atoms with E-state index in [1.165, 1.54) is 0 Å². The van der Waals surface area contributed by atoms with Gasteiger partial charge in [-0.15, -0.1) is 0 Å². The summed E-state index contributed by atoms with van der Waals surface area (Å²) in [6, 6.07) is 6.25. The Balaban J connectivity index is 1.76. The van der Waals surface area contributed by atoms with E-state index < -0.39 is 29.7 Å². The Bertz CT molecular complexity index is 771. The van der Waals surface area contributed by atoms with Crippen molar-refractivity contribution in [2.45, 2.75) is 64.1 Å². The predicted octanol–water partition coefficient (Wildman–Crippen LogP) is 2.48. The van der Waals surface area contributed by atoms with Gasteiger partial charge in [0.15, 0.2) is 0 Å². The number of nitrogens with zero attached hydrogens (tertiary/aromatic N) is 1. The third-order valence-electron chi connectivity index (χ3n) is 5.14. The molecule has 1 aromatic rings. The average Bonchev–Trinajstić information content (AvgIpc) is 2.70. The molecule has 2 N–H and O–H groups in total. The fourth-order valence-corrected chi connectivity index (χ4v) is 3.85. The normalized spacial score (nSPS) is 22.6. The first-order valence-electron chi connectivity index (χ1n) is 9.83. The highest BCUT2D eigenvalue weighted by atomic mass is 16.6. The van der Waals surface area contributed by atoms with Gasteiger partial charge >= 0.3 is 6.09 Å². The van der Waals surface area contributed by atoms with Crippen molar-refractivity contribution in [1.29, 1.82) is 0 Å². The molecule has 2 heterocycles. The predicted molar refractivity (Wildman–Crippen MR) is 105 cm³/mol. The quantitative estimate of drug-likeness (QED) is 0.834. The molecule has 7 nitrogen and oxygen atoms in total. The van der Waals surface area contributed by atoms with Gasteiger partial charge in [0.2, 0.25) is 11.8 Å². The molecular weight excluding hydrogens is 358 g/mol. The van der Waals surface area contributed by atoms with Gasteiger partial charge in [-0.25, -0.2) is 4.79 Å². The molecule has 2 bridgehead atoms. The maximum Gasteiger partial charge on any atom is 0.408 e. The molecule has 3 atom stereocenters. The van der Waals surface area contributed by atoms with Crippen molar-refractivity contribution in [3.8, 4) is 0 Å². The second-order valence-corrected chi connectivity index (χ2v) is 8.56. The summed E-state index contributed by atoms with van der Waals surface area (Å²) < 4.78 is 5.20. The van der Waals surface area contributed by atoms with Crippen LogP contribution in [0.1, 0.15) is 63.6 Å². The summed E-state index contributed by atoms with van der Waals surface area (Å²) in [6.45, 7) is 8.24. The molecule has 3 amide bonds. The fraction of sp³-hybridized carbons (Fsp3) is 0.571. The summed E-state index contributed by atoms with van der Waals surface area (Å²) in [6.07, 6.45) is 1.34. The van der Waals surface area contributed by atoms with E-state index in [0.717, 1.165) is 24.0 Å². The number of piperidine rings is 1. The summed E-state index contributed by atoms with van der Waals surface area (Å²) in [5, 5.41) is 5.37. The number of ether oxygens (including phenoxy) is 1. The largest absolute Gasteiger partial charge is 0.444 e. The lowest BCUT2D eigenvalue weighted by Gasteiger charge is -2.31. The molecule has 0 radical (unpaired) electrons. The van der Waals surface area contributed by atoms with Crippen LogP contribution in [0.4, 0.5) is 4.79 Å². The van der Waals surface area contributed by atoms with Gasteiger partial charge in [-0.2, -0.15) is 0 Å². The van der Waals surface area contributed by atoms with E-state index in [9.17, 15) is 14.4 Å². The molecule has 1 fully saturated rings. The standard InChI is InChI=1S/C21H29N3O4/c1-13(22-20(27)28-21(2,3)4)18(25)23-17-16-10-6-5-9-15(16)14-8-7-11-24(12-14)19(17)26/h5-6,9-10,13-14,17H,7-8,11-12H2,1-4H3,(H,22,27)(H,23,25). The molecule has 2 aliphatic heterocycles. The number of benzene rings is 1. The average molecular weight is 387 g/mol. The summed E-state index contributed by atoms with van der Waals surface area (Å²) in [5.41, 5.74) is 1.32. The van der Waals surface area contributed by atoms with E-state index in [-0.39, 0.29) is 5.91 Å². The molecule has 1 aromatic carbocycles. The molecule has 152 valence electrons. The SMILES string of the molecule is CC(NC(=O)OC(C)(C)C)C(=O)NC1C(=O)N2CCCC(C2)c2ccccc21. The van der Waals surface area contributed by atoms with Crippen LogP contribution in [-0.2, 0) is 14.3 Å². The Labute approximate surface area is 165 Å². The van der Waals surface area contributed by atoms with E-state index in [1.54, 1.807) is 27.7 Å². The molecule has 1 saturated heterocycles. The molecule has 3 rings (SSSR count). The number of carbonyl (C=O) groups excluding carboxylic acids is 3. The number of hydrogen-bond acceptors (Lipinski definition) is 4. The maximum absolute atomic E-state index is 13.1. The van der Waals surface area contributed by atoms with Gasteiger partial charge in [0.25, 0.3) is 0 Å². The van der Waals surface area contributed by atoms with Gasteiger partial charge in [-0.1, -0.05) is 24.3 Å². The minimum atomic E-state index is -0.826. The third kappa shape index (κ3) is 4.46. The number of fused-ring (bicyclic) bond motifs is 4. The van der Waals surface area contributed by atoms with Crippen molar-refractivity contribution in [1.82, 2.24) is 15.5 Å². The van der Waals surface area contributed by atoms with E-state index >= 15 is 0 Å². The van der Waals surface area contributed by atoms with Crippen LogP contribution in [0.5, 0.6) is 0 Å². The van der Waals surface area contributed by atoms with Gasteiger partial charge in [-0.3, -0.25) is 9.59 Å². The lowest BCUT2D eigenvalue weighted by Crippen LogP contribution is -2.50. The van der Waals surface area contributed by atoms with Crippen LogP contribution >= 0.6 is 0 Å². The Morgan fingerprint density at radius 2 is 1.89 bits per heavy atom. The highest BCUT2D eigenvalue weighted by Crippen LogP contribution is 2.36. The minimum Gasteiger partial charge on any atom is -0.444 e. The number of alkyl carbamates (subject to hydrolysis) is 1. The molecule has 2 aliphatic rings. The molecular formula is C21H29N3O4. The van der Waals surface area contributed by atoms with Crippen LogP contribution in [0.25, 0.3) is 0 Å². The second kappa shape index (κ2) is 7.81. The molecule has 0 aromatic heterocycles. The van der Waals surface area contributed by atoms with Crippen LogP contribution in [0.3, 0.4) is 0 Å². The van der Waals surface area contributed by atoms with E-state index in [4.69, 9.17) is 4.74 Å². The summed E-state index contributed by atoms with van der Waals surface area (Å²) in [5.74, 6) is -0.211. The van der Waals surface area contributed by atoms with Crippen molar-refractivity contribution in [3.05, 3.63) is 35.4 Å². The zero-order valence-electron chi connectivity index (χ0n) is 17.0. The lowest BCUT2D eigenvalue weighted by molar-refractivity contribution is -0.137. The number of carbonyl (C=O) groups is 3. The van der Waals surface area contributed by atoms with Crippen LogP contribution in [-0.4, -0.2) is 47.5 Å². The zero-order chi connectivity index (χ0) is 20.5. The molecule has 0 aliphatic carbocycles. The summed E-state index contributed by atoms with van der Waals surface area (Å²) in [4.78, 5) is 39.6. The van der Waals surface area contributed by atoms with Crippen molar-refractivity contribution >= 4 is 17.9 Å². The second-order valence-electron chi connectivity index (χ2n) is 8.56. The fourth-order valence-electron chi connectivity index (χ4n) is 3.85. The van der Waals surface area contributed by atoms with Gasteiger partial charge in [0, 0.05) is 19.0 Å². The topological polar surface area (TPSA) is 87.7 Å². The van der Waals surface area contributed by atoms with Crippen molar-refractivity contribution in [3.63, 3.8) is 0 Å². The minimum absolute atomic E-state index is 0.0903. The van der Waals surface area contributed by atoms with Crippen LogP contribution in [0.15, 0.2) is 24.3 Å². The monoisotopic (exact) mass is 387 g/mol.